The highest BCUT2D eigenvalue weighted by atomic mass is 16.5. The fourth-order valence-corrected chi connectivity index (χ4v) is 4.11. The number of pyridine rings is 1. The highest BCUT2D eigenvalue weighted by Crippen LogP contribution is 2.32. The molecule has 1 amide bonds. The summed E-state index contributed by atoms with van der Waals surface area (Å²) in [5, 5.41) is 13.3. The SMILES string of the molecule is O=C(O)[C@H]1CC[C@@H](C2CCN(C(=O)Cc3cnn4ccccc34)CC2)O1. The van der Waals surface area contributed by atoms with Crippen LogP contribution in [0.4, 0.5) is 0 Å². The van der Waals surface area contributed by atoms with Crippen molar-refractivity contribution in [2.45, 2.75) is 44.3 Å². The van der Waals surface area contributed by atoms with E-state index in [4.69, 9.17) is 9.84 Å². The molecule has 2 aromatic heterocycles. The van der Waals surface area contributed by atoms with Crippen LogP contribution in [0.2, 0.25) is 0 Å². The van der Waals surface area contributed by atoms with E-state index in [2.05, 4.69) is 5.10 Å². The number of aliphatic carboxylic acids is 1. The lowest BCUT2D eigenvalue weighted by Gasteiger charge is -2.34. The third-order valence-electron chi connectivity index (χ3n) is 5.59. The molecule has 0 unspecified atom stereocenters. The number of rotatable bonds is 4. The molecule has 1 N–H and O–H groups in total. The predicted molar refractivity (Wildman–Crippen MR) is 93.7 cm³/mol. The number of nitrogens with zero attached hydrogens (tertiary/aromatic N) is 3. The van der Waals surface area contributed by atoms with E-state index in [-0.39, 0.29) is 12.0 Å². The average Bonchev–Trinajstić information content (AvgIpc) is 3.30. The van der Waals surface area contributed by atoms with Crippen LogP contribution in [0.5, 0.6) is 0 Å². The molecule has 0 saturated carbocycles. The standard InChI is InChI=1S/C19H23N3O4/c23-18(11-14-12-20-22-8-2-1-3-15(14)22)21-9-6-13(7-10-21)16-4-5-17(26-16)19(24)25/h1-3,8,12-13,16-17H,4-7,9-11H2,(H,24,25)/t16-,17+/m0/s1. The largest absolute Gasteiger partial charge is 0.479 e. The number of amides is 1. The van der Waals surface area contributed by atoms with E-state index in [1.807, 2.05) is 29.3 Å². The molecular weight excluding hydrogens is 334 g/mol. The van der Waals surface area contributed by atoms with E-state index < -0.39 is 12.1 Å². The summed E-state index contributed by atoms with van der Waals surface area (Å²) in [6, 6.07) is 5.83. The summed E-state index contributed by atoms with van der Waals surface area (Å²) < 4.78 is 7.46. The number of carbonyl (C=O) groups is 2. The molecule has 2 aromatic rings. The summed E-state index contributed by atoms with van der Waals surface area (Å²) in [7, 11) is 0. The zero-order valence-corrected chi connectivity index (χ0v) is 14.6. The van der Waals surface area contributed by atoms with Crippen molar-refractivity contribution >= 4 is 17.4 Å². The van der Waals surface area contributed by atoms with Crippen LogP contribution >= 0.6 is 0 Å². The van der Waals surface area contributed by atoms with E-state index in [1.165, 1.54) is 0 Å². The van der Waals surface area contributed by atoms with Crippen molar-refractivity contribution in [2.75, 3.05) is 13.1 Å². The number of fused-ring (bicyclic) bond motifs is 1. The first-order valence-corrected chi connectivity index (χ1v) is 9.19. The minimum Gasteiger partial charge on any atom is -0.479 e. The summed E-state index contributed by atoms with van der Waals surface area (Å²) in [6.45, 7) is 1.42. The maximum atomic E-state index is 12.7. The fourth-order valence-electron chi connectivity index (χ4n) is 4.11. The average molecular weight is 357 g/mol. The smallest absolute Gasteiger partial charge is 0.332 e. The Kier molecular flexibility index (Phi) is 4.63. The Hall–Kier alpha value is -2.41. The van der Waals surface area contributed by atoms with E-state index >= 15 is 0 Å². The number of carboxylic acids is 1. The van der Waals surface area contributed by atoms with Crippen LogP contribution in [0.25, 0.3) is 5.52 Å². The molecule has 4 heterocycles. The molecule has 0 aliphatic carbocycles. The van der Waals surface area contributed by atoms with Gasteiger partial charge in [0.15, 0.2) is 6.10 Å². The molecule has 0 spiro atoms. The molecule has 2 saturated heterocycles. The fraction of sp³-hybridized carbons (Fsp3) is 0.526. The third kappa shape index (κ3) is 3.31. The van der Waals surface area contributed by atoms with Crippen LogP contribution < -0.4 is 0 Å². The van der Waals surface area contributed by atoms with Crippen molar-refractivity contribution < 1.29 is 19.4 Å². The van der Waals surface area contributed by atoms with Crippen LogP contribution in [0.15, 0.2) is 30.6 Å². The number of ether oxygens (including phenoxy) is 1. The van der Waals surface area contributed by atoms with Crippen LogP contribution in [0.3, 0.4) is 0 Å². The second-order valence-corrected chi connectivity index (χ2v) is 7.17. The van der Waals surface area contributed by atoms with Crippen LogP contribution in [0, 0.1) is 5.92 Å². The van der Waals surface area contributed by atoms with Gasteiger partial charge in [-0.3, -0.25) is 4.79 Å². The van der Waals surface area contributed by atoms with Gasteiger partial charge >= 0.3 is 5.97 Å². The van der Waals surface area contributed by atoms with Gasteiger partial charge in [-0.15, -0.1) is 0 Å². The van der Waals surface area contributed by atoms with Gasteiger partial charge < -0.3 is 14.7 Å². The molecule has 2 aliphatic rings. The molecule has 2 aliphatic heterocycles. The van der Waals surface area contributed by atoms with Crippen LogP contribution in [0.1, 0.15) is 31.2 Å². The van der Waals surface area contributed by atoms with Gasteiger partial charge in [-0.1, -0.05) is 6.07 Å². The molecule has 138 valence electrons. The number of likely N-dealkylation sites (tertiary alicyclic amines) is 1. The monoisotopic (exact) mass is 357 g/mol. The van der Waals surface area contributed by atoms with Crippen molar-refractivity contribution in [1.82, 2.24) is 14.5 Å². The molecule has 26 heavy (non-hydrogen) atoms. The Balaban J connectivity index is 1.32. The number of piperidine rings is 1. The van der Waals surface area contributed by atoms with E-state index in [0.717, 1.165) is 30.3 Å². The molecule has 0 aromatic carbocycles. The van der Waals surface area contributed by atoms with E-state index in [0.29, 0.717) is 31.8 Å². The lowest BCUT2D eigenvalue weighted by Crippen LogP contribution is -2.42. The topological polar surface area (TPSA) is 84.1 Å². The van der Waals surface area contributed by atoms with E-state index in [9.17, 15) is 9.59 Å². The molecular formula is C19H23N3O4. The lowest BCUT2D eigenvalue weighted by atomic mass is 9.89. The Morgan fingerprint density at radius 3 is 2.73 bits per heavy atom. The Morgan fingerprint density at radius 1 is 1.19 bits per heavy atom. The highest BCUT2D eigenvalue weighted by Gasteiger charge is 2.37. The number of carbonyl (C=O) groups excluding carboxylic acids is 1. The van der Waals surface area contributed by atoms with E-state index in [1.54, 1.807) is 10.7 Å². The predicted octanol–water partition coefficient (Wildman–Crippen LogP) is 1.75. The first-order chi connectivity index (χ1) is 12.6. The first-order valence-electron chi connectivity index (χ1n) is 9.19. The number of hydrogen-bond acceptors (Lipinski definition) is 4. The van der Waals surface area contributed by atoms with Crippen LogP contribution in [-0.4, -0.2) is 56.8 Å². The summed E-state index contributed by atoms with van der Waals surface area (Å²) in [4.78, 5) is 25.6. The third-order valence-corrected chi connectivity index (χ3v) is 5.59. The van der Waals surface area contributed by atoms with Gasteiger partial charge in [-0.2, -0.15) is 5.10 Å². The first kappa shape index (κ1) is 17.0. The highest BCUT2D eigenvalue weighted by molar-refractivity contribution is 5.81. The summed E-state index contributed by atoms with van der Waals surface area (Å²) in [5.74, 6) is -0.396. The quantitative estimate of drug-likeness (QED) is 0.901. The number of aromatic nitrogens is 2. The Morgan fingerprint density at radius 2 is 2.00 bits per heavy atom. The molecule has 0 bridgehead atoms. The number of carboxylic acid groups (broad SMARTS) is 1. The summed E-state index contributed by atoms with van der Waals surface area (Å²) >= 11 is 0. The van der Waals surface area contributed by atoms with Crippen LogP contribution in [-0.2, 0) is 20.7 Å². The normalized spacial score (nSPS) is 24.2. The van der Waals surface area contributed by atoms with Gasteiger partial charge in [0.25, 0.3) is 0 Å². The van der Waals surface area contributed by atoms with Gasteiger partial charge in [0.1, 0.15) is 0 Å². The Labute approximate surface area is 151 Å². The van der Waals surface area contributed by atoms with Gasteiger partial charge in [-0.25, -0.2) is 9.31 Å². The summed E-state index contributed by atoms with van der Waals surface area (Å²) in [5.41, 5.74) is 1.91. The maximum absolute atomic E-state index is 12.7. The second kappa shape index (κ2) is 7.07. The molecule has 7 heteroatoms. The zero-order chi connectivity index (χ0) is 18.1. The minimum atomic E-state index is -0.867. The molecule has 0 radical (unpaired) electrons. The molecule has 2 atom stereocenters. The van der Waals surface area contributed by atoms with Gasteiger partial charge in [-0.05, 0) is 43.7 Å². The molecule has 4 rings (SSSR count). The second-order valence-electron chi connectivity index (χ2n) is 7.17. The van der Waals surface area contributed by atoms with Crippen molar-refractivity contribution in [3.05, 3.63) is 36.2 Å². The minimum absolute atomic E-state index is 0.0213. The number of hydrogen-bond donors (Lipinski definition) is 1. The molecule has 2 fully saturated rings. The van der Waals surface area contributed by atoms with Crippen molar-refractivity contribution in [3.8, 4) is 0 Å². The van der Waals surface area contributed by atoms with Gasteiger partial charge in [0.2, 0.25) is 5.91 Å². The van der Waals surface area contributed by atoms with Crippen molar-refractivity contribution in [2.24, 2.45) is 5.92 Å². The van der Waals surface area contributed by atoms with Gasteiger partial charge in [0.05, 0.1) is 24.2 Å². The zero-order valence-electron chi connectivity index (χ0n) is 14.6. The van der Waals surface area contributed by atoms with Crippen molar-refractivity contribution in [3.63, 3.8) is 0 Å². The van der Waals surface area contributed by atoms with Crippen molar-refractivity contribution in [1.29, 1.82) is 0 Å². The Bertz CT molecular complexity index is 810. The molecule has 7 nitrogen and oxygen atoms in total. The van der Waals surface area contributed by atoms with Gasteiger partial charge in [0, 0.05) is 24.8 Å². The summed E-state index contributed by atoms with van der Waals surface area (Å²) in [6.07, 6.45) is 6.50. The lowest BCUT2D eigenvalue weighted by molar-refractivity contribution is -0.151. The maximum Gasteiger partial charge on any atom is 0.332 e.